The number of ether oxygens (including phenoxy) is 1. The van der Waals surface area contributed by atoms with E-state index in [1.807, 2.05) is 32.0 Å². The quantitative estimate of drug-likeness (QED) is 0.852. The van der Waals surface area contributed by atoms with Crippen LogP contribution in [0.3, 0.4) is 0 Å². The Balaban J connectivity index is 2.83. The van der Waals surface area contributed by atoms with E-state index in [0.717, 1.165) is 11.3 Å². The Labute approximate surface area is 96.1 Å². The number of hydrogen-bond acceptors (Lipinski definition) is 2. The molecule has 0 aromatic heterocycles. The van der Waals surface area contributed by atoms with Gasteiger partial charge in [-0.3, -0.25) is 4.79 Å². The zero-order chi connectivity index (χ0) is 12.3. The predicted octanol–water partition coefficient (Wildman–Crippen LogP) is 2.94. The molecule has 88 valence electrons. The Kier molecular flexibility index (Phi) is 3.58. The molecule has 0 atom stereocenters. The molecule has 3 heteroatoms. The molecule has 1 aromatic rings. The normalized spacial score (nSPS) is 11.2. The zero-order valence-corrected chi connectivity index (χ0v) is 10.2. The molecule has 0 aliphatic heterocycles. The van der Waals surface area contributed by atoms with Crippen LogP contribution in [0, 0.1) is 13.8 Å². The van der Waals surface area contributed by atoms with E-state index in [1.165, 1.54) is 5.56 Å². The minimum Gasteiger partial charge on any atom is -0.487 e. The highest BCUT2D eigenvalue weighted by molar-refractivity contribution is 5.68. The monoisotopic (exact) mass is 222 g/mol. The van der Waals surface area contributed by atoms with Gasteiger partial charge in [0.05, 0.1) is 6.42 Å². The van der Waals surface area contributed by atoms with E-state index in [0.29, 0.717) is 0 Å². The molecule has 0 aliphatic carbocycles. The van der Waals surface area contributed by atoms with Crippen LogP contribution < -0.4 is 4.74 Å². The number of carbonyl (C=O) groups is 1. The number of benzene rings is 1. The van der Waals surface area contributed by atoms with Crippen molar-refractivity contribution < 1.29 is 14.6 Å². The number of aliphatic carboxylic acids is 1. The van der Waals surface area contributed by atoms with Gasteiger partial charge in [-0.2, -0.15) is 0 Å². The SMILES string of the molecule is Cc1ccc(OC(C)(C)CC(=O)O)c(C)c1. The third-order valence-electron chi connectivity index (χ3n) is 2.29. The van der Waals surface area contributed by atoms with E-state index in [1.54, 1.807) is 13.8 Å². The first kappa shape index (κ1) is 12.6. The van der Waals surface area contributed by atoms with Crippen LogP contribution in [0.5, 0.6) is 5.75 Å². The van der Waals surface area contributed by atoms with Crippen LogP contribution in [-0.4, -0.2) is 16.7 Å². The fraction of sp³-hybridized carbons (Fsp3) is 0.462. The van der Waals surface area contributed by atoms with Crippen molar-refractivity contribution in [3.05, 3.63) is 29.3 Å². The van der Waals surface area contributed by atoms with Crippen LogP contribution in [0.4, 0.5) is 0 Å². The maximum absolute atomic E-state index is 10.7. The first-order chi connectivity index (χ1) is 7.30. The second-order valence-electron chi connectivity index (χ2n) is 4.70. The summed E-state index contributed by atoms with van der Waals surface area (Å²) in [4.78, 5) is 10.7. The highest BCUT2D eigenvalue weighted by Gasteiger charge is 2.24. The summed E-state index contributed by atoms with van der Waals surface area (Å²) in [5, 5.41) is 8.76. The summed E-state index contributed by atoms with van der Waals surface area (Å²) in [6.07, 6.45) is -0.0136. The summed E-state index contributed by atoms with van der Waals surface area (Å²) in [6.45, 7) is 7.53. The summed E-state index contributed by atoms with van der Waals surface area (Å²) in [6, 6.07) is 5.86. The largest absolute Gasteiger partial charge is 0.487 e. The number of carboxylic acid groups (broad SMARTS) is 1. The van der Waals surface area contributed by atoms with E-state index >= 15 is 0 Å². The average molecular weight is 222 g/mol. The van der Waals surface area contributed by atoms with Crippen molar-refractivity contribution in [2.24, 2.45) is 0 Å². The van der Waals surface area contributed by atoms with Crippen molar-refractivity contribution in [2.75, 3.05) is 0 Å². The fourth-order valence-corrected chi connectivity index (χ4v) is 1.61. The van der Waals surface area contributed by atoms with Crippen molar-refractivity contribution in [1.29, 1.82) is 0 Å². The Bertz CT molecular complexity index is 394. The maximum atomic E-state index is 10.7. The number of aryl methyl sites for hydroxylation is 2. The van der Waals surface area contributed by atoms with E-state index in [2.05, 4.69) is 0 Å². The topological polar surface area (TPSA) is 46.5 Å². The fourth-order valence-electron chi connectivity index (χ4n) is 1.61. The Hall–Kier alpha value is -1.51. The van der Waals surface area contributed by atoms with Gasteiger partial charge in [0.1, 0.15) is 11.4 Å². The molecule has 0 bridgehead atoms. The van der Waals surface area contributed by atoms with Crippen molar-refractivity contribution in [1.82, 2.24) is 0 Å². The van der Waals surface area contributed by atoms with Gasteiger partial charge in [-0.1, -0.05) is 17.7 Å². The lowest BCUT2D eigenvalue weighted by atomic mass is 10.0. The van der Waals surface area contributed by atoms with E-state index in [4.69, 9.17) is 9.84 Å². The minimum absolute atomic E-state index is 0.0136. The maximum Gasteiger partial charge on any atom is 0.307 e. The van der Waals surface area contributed by atoms with Gasteiger partial charge in [-0.25, -0.2) is 0 Å². The molecule has 0 unspecified atom stereocenters. The molecule has 1 N–H and O–H groups in total. The van der Waals surface area contributed by atoms with Crippen LogP contribution in [0.15, 0.2) is 18.2 Å². The van der Waals surface area contributed by atoms with Gasteiger partial charge in [0.15, 0.2) is 0 Å². The third kappa shape index (κ3) is 3.57. The zero-order valence-electron chi connectivity index (χ0n) is 10.2. The smallest absolute Gasteiger partial charge is 0.307 e. The van der Waals surface area contributed by atoms with Gasteiger partial charge < -0.3 is 9.84 Å². The molecule has 0 aliphatic rings. The number of rotatable bonds is 4. The standard InChI is InChI=1S/C13H18O3/c1-9-5-6-11(10(2)7-9)16-13(3,4)8-12(14)15/h5-7H,8H2,1-4H3,(H,14,15). The molecule has 0 heterocycles. The number of carboxylic acids is 1. The van der Waals surface area contributed by atoms with Crippen LogP contribution in [0.2, 0.25) is 0 Å². The van der Waals surface area contributed by atoms with E-state index in [-0.39, 0.29) is 6.42 Å². The van der Waals surface area contributed by atoms with Crippen molar-refractivity contribution in [3.63, 3.8) is 0 Å². The van der Waals surface area contributed by atoms with Gasteiger partial charge in [-0.15, -0.1) is 0 Å². The first-order valence-electron chi connectivity index (χ1n) is 5.28. The Morgan fingerprint density at radius 3 is 2.50 bits per heavy atom. The highest BCUT2D eigenvalue weighted by Crippen LogP contribution is 2.25. The Morgan fingerprint density at radius 1 is 1.38 bits per heavy atom. The van der Waals surface area contributed by atoms with Gasteiger partial charge in [0, 0.05) is 0 Å². The minimum atomic E-state index is -0.852. The van der Waals surface area contributed by atoms with Crippen molar-refractivity contribution in [3.8, 4) is 5.75 Å². The molecular formula is C13H18O3. The molecule has 1 aromatic carbocycles. The average Bonchev–Trinajstić information content (AvgIpc) is 2.07. The number of hydrogen-bond donors (Lipinski definition) is 1. The summed E-state index contributed by atoms with van der Waals surface area (Å²) in [5.41, 5.74) is 1.51. The van der Waals surface area contributed by atoms with Crippen LogP contribution in [0.25, 0.3) is 0 Å². The summed E-state index contributed by atoms with van der Waals surface area (Å²) in [5.74, 6) is -0.105. The van der Waals surface area contributed by atoms with Gasteiger partial charge >= 0.3 is 5.97 Å². The molecule has 16 heavy (non-hydrogen) atoms. The van der Waals surface area contributed by atoms with Crippen LogP contribution in [-0.2, 0) is 4.79 Å². The molecule has 0 radical (unpaired) electrons. The van der Waals surface area contributed by atoms with Crippen LogP contribution in [0.1, 0.15) is 31.4 Å². The molecule has 0 saturated heterocycles. The van der Waals surface area contributed by atoms with Crippen LogP contribution >= 0.6 is 0 Å². The van der Waals surface area contributed by atoms with E-state index < -0.39 is 11.6 Å². The summed E-state index contributed by atoms with van der Waals surface area (Å²) in [7, 11) is 0. The van der Waals surface area contributed by atoms with Crippen molar-refractivity contribution in [2.45, 2.75) is 39.7 Å². The second-order valence-corrected chi connectivity index (χ2v) is 4.70. The second kappa shape index (κ2) is 4.56. The van der Waals surface area contributed by atoms with Gasteiger partial charge in [-0.05, 0) is 39.3 Å². The first-order valence-corrected chi connectivity index (χ1v) is 5.28. The lowest BCUT2D eigenvalue weighted by Crippen LogP contribution is -2.31. The van der Waals surface area contributed by atoms with Gasteiger partial charge in [0.2, 0.25) is 0 Å². The summed E-state index contributed by atoms with van der Waals surface area (Å²) < 4.78 is 5.72. The highest BCUT2D eigenvalue weighted by atomic mass is 16.5. The molecule has 0 fully saturated rings. The molecule has 1 rings (SSSR count). The summed E-state index contributed by atoms with van der Waals surface area (Å²) >= 11 is 0. The molecule has 0 saturated carbocycles. The molecule has 0 spiro atoms. The molecule has 3 nitrogen and oxygen atoms in total. The molecule has 0 amide bonds. The van der Waals surface area contributed by atoms with Crippen molar-refractivity contribution >= 4 is 5.97 Å². The molecular weight excluding hydrogens is 204 g/mol. The van der Waals surface area contributed by atoms with E-state index in [9.17, 15) is 4.79 Å². The third-order valence-corrected chi connectivity index (χ3v) is 2.29. The lowest BCUT2D eigenvalue weighted by Gasteiger charge is -2.25. The predicted molar refractivity (Wildman–Crippen MR) is 62.9 cm³/mol. The Morgan fingerprint density at radius 2 is 2.00 bits per heavy atom. The van der Waals surface area contributed by atoms with Gasteiger partial charge in [0.25, 0.3) is 0 Å². The lowest BCUT2D eigenvalue weighted by molar-refractivity contribution is -0.140.